The summed E-state index contributed by atoms with van der Waals surface area (Å²) in [5.41, 5.74) is 1.36. The first kappa shape index (κ1) is 12.6. The van der Waals surface area contributed by atoms with Crippen LogP contribution in [0.2, 0.25) is 0 Å². The first-order chi connectivity index (χ1) is 8.35. The molecule has 0 radical (unpaired) electrons. The molecule has 1 N–H and O–H groups in total. The van der Waals surface area contributed by atoms with E-state index in [0.717, 1.165) is 6.42 Å². The van der Waals surface area contributed by atoms with Crippen LogP contribution in [0.25, 0.3) is 0 Å². The summed E-state index contributed by atoms with van der Waals surface area (Å²) in [5.74, 6) is 0. The van der Waals surface area contributed by atoms with E-state index >= 15 is 0 Å². The van der Waals surface area contributed by atoms with E-state index in [1.54, 1.807) is 23.1 Å². The average Bonchev–Trinajstić information content (AvgIpc) is 2.89. The van der Waals surface area contributed by atoms with Crippen LogP contribution in [0.4, 0.5) is 0 Å². The SMILES string of the molecule is CNC(Cc1nccs1)c1ccccc1SC. The number of rotatable bonds is 5. The maximum absolute atomic E-state index is 4.36. The minimum Gasteiger partial charge on any atom is -0.313 e. The van der Waals surface area contributed by atoms with Crippen molar-refractivity contribution in [2.75, 3.05) is 13.3 Å². The molecule has 0 aliphatic heterocycles. The lowest BCUT2D eigenvalue weighted by Gasteiger charge is -2.18. The van der Waals surface area contributed by atoms with Gasteiger partial charge in [-0.25, -0.2) is 4.98 Å². The molecule has 1 heterocycles. The van der Waals surface area contributed by atoms with Crippen LogP contribution in [0.15, 0.2) is 40.7 Å². The zero-order chi connectivity index (χ0) is 12.1. The Morgan fingerprint density at radius 2 is 2.24 bits per heavy atom. The first-order valence-electron chi connectivity index (χ1n) is 5.53. The van der Waals surface area contributed by atoms with Gasteiger partial charge in [-0.15, -0.1) is 23.1 Å². The second-order valence-corrected chi connectivity index (χ2v) is 5.54. The third-order valence-electron chi connectivity index (χ3n) is 2.73. The molecule has 1 aromatic heterocycles. The maximum Gasteiger partial charge on any atom is 0.0943 e. The van der Waals surface area contributed by atoms with Gasteiger partial charge in [-0.05, 0) is 24.9 Å². The smallest absolute Gasteiger partial charge is 0.0943 e. The van der Waals surface area contributed by atoms with E-state index in [4.69, 9.17) is 0 Å². The van der Waals surface area contributed by atoms with E-state index in [-0.39, 0.29) is 0 Å². The highest BCUT2D eigenvalue weighted by atomic mass is 32.2. The Balaban J connectivity index is 2.22. The molecule has 4 heteroatoms. The van der Waals surface area contributed by atoms with E-state index < -0.39 is 0 Å². The Kier molecular flexibility index (Phi) is 4.59. The fourth-order valence-electron chi connectivity index (χ4n) is 1.85. The zero-order valence-electron chi connectivity index (χ0n) is 10.0. The fraction of sp³-hybridized carbons (Fsp3) is 0.308. The normalized spacial score (nSPS) is 12.6. The molecule has 1 atom stereocenters. The van der Waals surface area contributed by atoms with Crippen molar-refractivity contribution < 1.29 is 0 Å². The number of aromatic nitrogens is 1. The summed E-state index contributed by atoms with van der Waals surface area (Å²) in [6, 6.07) is 8.89. The summed E-state index contributed by atoms with van der Waals surface area (Å²) in [5, 5.41) is 6.60. The van der Waals surface area contributed by atoms with Gasteiger partial charge in [-0.1, -0.05) is 18.2 Å². The molecule has 1 unspecified atom stereocenters. The van der Waals surface area contributed by atoms with Crippen LogP contribution >= 0.6 is 23.1 Å². The quantitative estimate of drug-likeness (QED) is 0.838. The molecule has 17 heavy (non-hydrogen) atoms. The monoisotopic (exact) mass is 264 g/mol. The summed E-state index contributed by atoms with van der Waals surface area (Å²) in [6.07, 6.45) is 4.94. The third-order valence-corrected chi connectivity index (χ3v) is 4.34. The molecule has 0 spiro atoms. The lowest BCUT2D eigenvalue weighted by atomic mass is 10.0. The van der Waals surface area contributed by atoms with Gasteiger partial charge in [-0.3, -0.25) is 0 Å². The molecule has 0 saturated heterocycles. The van der Waals surface area contributed by atoms with Crippen LogP contribution in [0, 0.1) is 0 Å². The number of likely N-dealkylation sites (N-methyl/N-ethyl adjacent to an activating group) is 1. The van der Waals surface area contributed by atoms with Gasteiger partial charge in [0.2, 0.25) is 0 Å². The minimum absolute atomic E-state index is 0.338. The topological polar surface area (TPSA) is 24.9 Å². The van der Waals surface area contributed by atoms with Crippen molar-refractivity contribution in [3.05, 3.63) is 46.4 Å². The van der Waals surface area contributed by atoms with Crippen LogP contribution in [0.5, 0.6) is 0 Å². The average molecular weight is 264 g/mol. The van der Waals surface area contributed by atoms with Crippen LogP contribution in [-0.4, -0.2) is 18.3 Å². The molecule has 90 valence electrons. The molecule has 2 aromatic rings. The van der Waals surface area contributed by atoms with E-state index in [1.807, 2.05) is 18.6 Å². The van der Waals surface area contributed by atoms with Crippen LogP contribution in [0.3, 0.4) is 0 Å². The number of hydrogen-bond donors (Lipinski definition) is 1. The molecule has 2 nitrogen and oxygen atoms in total. The molecule has 0 bridgehead atoms. The Morgan fingerprint density at radius 1 is 1.41 bits per heavy atom. The molecule has 0 fully saturated rings. The van der Waals surface area contributed by atoms with Gasteiger partial charge < -0.3 is 5.32 Å². The molecule has 0 aliphatic carbocycles. The van der Waals surface area contributed by atoms with Gasteiger partial charge in [0, 0.05) is 28.9 Å². The molecule has 0 saturated carbocycles. The van der Waals surface area contributed by atoms with Gasteiger partial charge in [0.1, 0.15) is 0 Å². The second-order valence-electron chi connectivity index (χ2n) is 3.71. The van der Waals surface area contributed by atoms with Crippen molar-refractivity contribution in [3.8, 4) is 0 Å². The largest absolute Gasteiger partial charge is 0.313 e. The van der Waals surface area contributed by atoms with Crippen molar-refractivity contribution in [2.24, 2.45) is 0 Å². The summed E-state index contributed by atoms with van der Waals surface area (Å²) in [6.45, 7) is 0. The summed E-state index contributed by atoms with van der Waals surface area (Å²) >= 11 is 3.51. The molecular formula is C13H16N2S2. The second kappa shape index (κ2) is 6.19. The number of nitrogens with one attached hydrogen (secondary N) is 1. The Morgan fingerprint density at radius 3 is 2.88 bits per heavy atom. The van der Waals surface area contributed by atoms with E-state index in [1.165, 1.54) is 15.5 Å². The van der Waals surface area contributed by atoms with Crippen molar-refractivity contribution in [1.29, 1.82) is 0 Å². The zero-order valence-corrected chi connectivity index (χ0v) is 11.6. The summed E-state index contributed by atoms with van der Waals surface area (Å²) < 4.78 is 0. The van der Waals surface area contributed by atoms with Crippen molar-refractivity contribution in [2.45, 2.75) is 17.4 Å². The predicted molar refractivity (Wildman–Crippen MR) is 75.8 cm³/mol. The standard InChI is InChI=1S/C13H16N2S2/c1-14-11(9-13-15-7-8-17-13)10-5-3-4-6-12(10)16-2/h3-8,11,14H,9H2,1-2H3. The Hall–Kier alpha value is -0.840. The van der Waals surface area contributed by atoms with E-state index in [9.17, 15) is 0 Å². The highest BCUT2D eigenvalue weighted by molar-refractivity contribution is 7.98. The van der Waals surface area contributed by atoms with Gasteiger partial charge in [0.25, 0.3) is 0 Å². The first-order valence-corrected chi connectivity index (χ1v) is 7.64. The third kappa shape index (κ3) is 3.09. The van der Waals surface area contributed by atoms with Gasteiger partial charge in [0.15, 0.2) is 0 Å². The van der Waals surface area contributed by atoms with Crippen LogP contribution in [0.1, 0.15) is 16.6 Å². The van der Waals surface area contributed by atoms with E-state index in [0.29, 0.717) is 6.04 Å². The highest BCUT2D eigenvalue weighted by Crippen LogP contribution is 2.28. The van der Waals surface area contributed by atoms with Crippen molar-refractivity contribution >= 4 is 23.1 Å². The molecule has 0 aliphatic rings. The van der Waals surface area contributed by atoms with Gasteiger partial charge in [-0.2, -0.15) is 0 Å². The van der Waals surface area contributed by atoms with Crippen LogP contribution < -0.4 is 5.32 Å². The lowest BCUT2D eigenvalue weighted by Crippen LogP contribution is -2.19. The number of benzene rings is 1. The summed E-state index contributed by atoms with van der Waals surface area (Å²) in [7, 11) is 2.01. The van der Waals surface area contributed by atoms with E-state index in [2.05, 4.69) is 40.8 Å². The number of thiazole rings is 1. The Bertz CT molecular complexity index is 454. The maximum atomic E-state index is 4.36. The molecule has 0 amide bonds. The van der Waals surface area contributed by atoms with Crippen molar-refractivity contribution in [1.82, 2.24) is 10.3 Å². The van der Waals surface area contributed by atoms with Crippen LogP contribution in [-0.2, 0) is 6.42 Å². The fourth-order valence-corrected chi connectivity index (χ4v) is 3.17. The van der Waals surface area contributed by atoms with Gasteiger partial charge >= 0.3 is 0 Å². The molecular weight excluding hydrogens is 248 g/mol. The predicted octanol–water partition coefficient (Wildman–Crippen LogP) is 3.37. The van der Waals surface area contributed by atoms with Crippen molar-refractivity contribution in [3.63, 3.8) is 0 Å². The lowest BCUT2D eigenvalue weighted by molar-refractivity contribution is 0.581. The molecule has 2 rings (SSSR count). The Labute approximate surface area is 110 Å². The number of nitrogens with zero attached hydrogens (tertiary/aromatic N) is 1. The highest BCUT2D eigenvalue weighted by Gasteiger charge is 2.14. The summed E-state index contributed by atoms with van der Waals surface area (Å²) in [4.78, 5) is 5.69. The number of hydrogen-bond acceptors (Lipinski definition) is 4. The minimum atomic E-state index is 0.338. The molecule has 1 aromatic carbocycles. The number of thioether (sulfide) groups is 1. The van der Waals surface area contributed by atoms with Gasteiger partial charge in [0.05, 0.1) is 5.01 Å².